The lowest BCUT2D eigenvalue weighted by atomic mass is 9.86. The van der Waals surface area contributed by atoms with Crippen LogP contribution in [-0.2, 0) is 10.0 Å². The third-order valence-corrected chi connectivity index (χ3v) is 5.55. The zero-order chi connectivity index (χ0) is 14.8. The van der Waals surface area contributed by atoms with Gasteiger partial charge in [0.25, 0.3) is 0 Å². The van der Waals surface area contributed by atoms with E-state index in [1.165, 1.54) is 18.3 Å². The first-order chi connectivity index (χ1) is 9.41. The standard InChI is InChI=1S/C14H25N3O2S/c1-15-20(18,19)10-11-4-5-14-13(8-11)12(9-16-14)6-7-17(2)3/h4-5,11-12,15-16H,6-10H2,1-3H3. The summed E-state index contributed by atoms with van der Waals surface area (Å²) in [4.78, 5) is 2.19. The lowest BCUT2D eigenvalue weighted by Gasteiger charge is -2.22. The molecule has 0 saturated carbocycles. The highest BCUT2D eigenvalue weighted by Crippen LogP contribution is 2.34. The Hall–Kier alpha value is -0.850. The molecule has 0 aromatic carbocycles. The molecule has 1 aliphatic carbocycles. The Kier molecular flexibility index (Phi) is 4.88. The number of hydrogen-bond acceptors (Lipinski definition) is 4. The fraction of sp³-hybridized carbons (Fsp3) is 0.714. The van der Waals surface area contributed by atoms with Crippen LogP contribution in [0.15, 0.2) is 23.4 Å². The summed E-state index contributed by atoms with van der Waals surface area (Å²) in [6, 6.07) is 0. The average molecular weight is 299 g/mol. The molecule has 114 valence electrons. The maximum Gasteiger partial charge on any atom is 0.211 e. The van der Waals surface area contributed by atoms with E-state index >= 15 is 0 Å². The lowest BCUT2D eigenvalue weighted by molar-refractivity contribution is 0.367. The van der Waals surface area contributed by atoms with E-state index in [1.54, 1.807) is 0 Å². The third kappa shape index (κ3) is 3.84. The predicted molar refractivity (Wildman–Crippen MR) is 81.8 cm³/mol. The molecule has 2 N–H and O–H groups in total. The number of nitrogens with one attached hydrogen (secondary N) is 2. The van der Waals surface area contributed by atoms with Crippen molar-refractivity contribution < 1.29 is 8.42 Å². The molecule has 0 amide bonds. The van der Waals surface area contributed by atoms with Crippen molar-refractivity contribution in [2.75, 3.05) is 40.0 Å². The van der Waals surface area contributed by atoms with Gasteiger partial charge in [-0.05, 0) is 58.1 Å². The van der Waals surface area contributed by atoms with Gasteiger partial charge in [0.05, 0.1) is 5.75 Å². The number of rotatable bonds is 6. The lowest BCUT2D eigenvalue weighted by Crippen LogP contribution is -2.27. The molecule has 2 atom stereocenters. The van der Waals surface area contributed by atoms with Crippen molar-refractivity contribution in [1.29, 1.82) is 0 Å². The topological polar surface area (TPSA) is 61.4 Å². The van der Waals surface area contributed by atoms with Crippen LogP contribution in [0.25, 0.3) is 0 Å². The molecule has 1 aliphatic heterocycles. The molecule has 1 heterocycles. The van der Waals surface area contributed by atoms with Crippen molar-refractivity contribution in [1.82, 2.24) is 14.9 Å². The molecule has 0 bridgehead atoms. The monoisotopic (exact) mass is 299 g/mol. The van der Waals surface area contributed by atoms with Gasteiger partial charge in [0.1, 0.15) is 0 Å². The van der Waals surface area contributed by atoms with Crippen LogP contribution in [0.3, 0.4) is 0 Å². The van der Waals surface area contributed by atoms with Crippen LogP contribution in [0.5, 0.6) is 0 Å². The molecule has 0 fully saturated rings. The van der Waals surface area contributed by atoms with E-state index in [-0.39, 0.29) is 11.7 Å². The average Bonchev–Trinajstić information content (AvgIpc) is 2.78. The van der Waals surface area contributed by atoms with E-state index in [2.05, 4.69) is 35.1 Å². The van der Waals surface area contributed by atoms with Gasteiger partial charge in [-0.3, -0.25) is 0 Å². The summed E-state index contributed by atoms with van der Waals surface area (Å²) in [5.41, 5.74) is 2.62. The van der Waals surface area contributed by atoms with Crippen LogP contribution in [0.4, 0.5) is 0 Å². The van der Waals surface area contributed by atoms with E-state index in [9.17, 15) is 8.42 Å². The molecule has 6 heteroatoms. The van der Waals surface area contributed by atoms with Gasteiger partial charge in [-0.1, -0.05) is 6.08 Å². The minimum absolute atomic E-state index is 0.0907. The van der Waals surface area contributed by atoms with Gasteiger partial charge in [-0.25, -0.2) is 13.1 Å². The van der Waals surface area contributed by atoms with Crippen LogP contribution in [0, 0.1) is 11.8 Å². The van der Waals surface area contributed by atoms with Crippen molar-refractivity contribution in [3.8, 4) is 0 Å². The fourth-order valence-electron chi connectivity index (χ4n) is 2.89. The van der Waals surface area contributed by atoms with Crippen molar-refractivity contribution >= 4 is 10.0 Å². The summed E-state index contributed by atoms with van der Waals surface area (Å²) in [5, 5.41) is 3.44. The number of nitrogens with zero attached hydrogens (tertiary/aromatic N) is 1. The molecule has 0 saturated heterocycles. The summed E-state index contributed by atoms with van der Waals surface area (Å²) in [5.74, 6) is 0.807. The third-order valence-electron chi connectivity index (χ3n) is 4.06. The maximum atomic E-state index is 11.7. The van der Waals surface area contributed by atoms with Gasteiger partial charge in [0, 0.05) is 18.2 Å². The van der Waals surface area contributed by atoms with Crippen LogP contribution in [0.1, 0.15) is 12.8 Å². The normalized spacial score (nSPS) is 26.0. The number of hydrogen-bond donors (Lipinski definition) is 2. The van der Waals surface area contributed by atoms with Gasteiger partial charge in [0.15, 0.2) is 0 Å². The van der Waals surface area contributed by atoms with Gasteiger partial charge >= 0.3 is 0 Å². The molecule has 2 rings (SSSR count). The van der Waals surface area contributed by atoms with Gasteiger partial charge in [-0.2, -0.15) is 0 Å². The van der Waals surface area contributed by atoms with E-state index in [0.717, 1.165) is 25.9 Å². The first-order valence-corrected chi connectivity index (χ1v) is 8.77. The van der Waals surface area contributed by atoms with Crippen LogP contribution < -0.4 is 10.0 Å². The van der Waals surface area contributed by atoms with Gasteiger partial charge < -0.3 is 10.2 Å². The largest absolute Gasteiger partial charge is 0.384 e. The summed E-state index contributed by atoms with van der Waals surface area (Å²) in [6.07, 6.45) is 6.06. The zero-order valence-electron chi connectivity index (χ0n) is 12.5. The molecule has 0 spiro atoms. The molecule has 0 aromatic rings. The molecule has 0 aromatic heterocycles. The van der Waals surface area contributed by atoms with Gasteiger partial charge in [-0.15, -0.1) is 0 Å². The summed E-state index contributed by atoms with van der Waals surface area (Å²) < 4.78 is 25.7. The Morgan fingerprint density at radius 2 is 2.20 bits per heavy atom. The van der Waals surface area contributed by atoms with Crippen LogP contribution >= 0.6 is 0 Å². The molecule has 0 radical (unpaired) electrons. The van der Waals surface area contributed by atoms with E-state index in [0.29, 0.717) is 5.92 Å². The minimum atomic E-state index is -3.14. The Labute approximate surface area is 122 Å². The van der Waals surface area contributed by atoms with Crippen molar-refractivity contribution in [3.05, 3.63) is 23.4 Å². The number of sulfonamides is 1. The Morgan fingerprint density at radius 1 is 1.45 bits per heavy atom. The summed E-state index contributed by atoms with van der Waals surface area (Å²) >= 11 is 0. The van der Waals surface area contributed by atoms with Crippen molar-refractivity contribution in [2.45, 2.75) is 12.8 Å². The van der Waals surface area contributed by atoms with E-state index < -0.39 is 10.0 Å². The summed E-state index contributed by atoms with van der Waals surface area (Å²) in [7, 11) is 2.50. The first kappa shape index (κ1) is 15.5. The predicted octanol–water partition coefficient (Wildman–Crippen LogP) is 0.537. The molecular weight excluding hydrogens is 274 g/mol. The molecule has 2 aliphatic rings. The van der Waals surface area contributed by atoms with Crippen molar-refractivity contribution in [3.63, 3.8) is 0 Å². The second-order valence-electron chi connectivity index (χ2n) is 5.92. The Morgan fingerprint density at radius 3 is 2.85 bits per heavy atom. The first-order valence-electron chi connectivity index (χ1n) is 7.12. The highest BCUT2D eigenvalue weighted by Gasteiger charge is 2.29. The second-order valence-corrected chi connectivity index (χ2v) is 7.89. The molecule has 20 heavy (non-hydrogen) atoms. The van der Waals surface area contributed by atoms with Crippen molar-refractivity contribution in [2.24, 2.45) is 11.8 Å². The Bertz CT molecular complexity index is 509. The quantitative estimate of drug-likeness (QED) is 0.751. The molecule has 2 unspecified atom stereocenters. The SMILES string of the molecule is CNS(=O)(=O)CC1C=CC2=C(C1)C(CCN(C)C)CN2. The number of allylic oxidation sites excluding steroid dienone is 2. The maximum absolute atomic E-state index is 11.7. The highest BCUT2D eigenvalue weighted by molar-refractivity contribution is 7.89. The smallest absolute Gasteiger partial charge is 0.211 e. The summed E-state index contributed by atoms with van der Waals surface area (Å²) in [6.45, 7) is 2.04. The highest BCUT2D eigenvalue weighted by atomic mass is 32.2. The fourth-order valence-corrected chi connectivity index (χ4v) is 3.84. The second kappa shape index (κ2) is 6.28. The van der Waals surface area contributed by atoms with E-state index in [1.807, 2.05) is 6.08 Å². The Balaban J connectivity index is 1.99. The zero-order valence-corrected chi connectivity index (χ0v) is 13.3. The van der Waals surface area contributed by atoms with Gasteiger partial charge in [0.2, 0.25) is 10.0 Å². The van der Waals surface area contributed by atoms with Crippen LogP contribution in [0.2, 0.25) is 0 Å². The molecular formula is C14H25N3O2S. The van der Waals surface area contributed by atoms with Crippen LogP contribution in [-0.4, -0.2) is 53.3 Å². The van der Waals surface area contributed by atoms with E-state index in [4.69, 9.17) is 0 Å². The minimum Gasteiger partial charge on any atom is -0.384 e. The molecule has 5 nitrogen and oxygen atoms in total.